The Morgan fingerprint density at radius 2 is 1.81 bits per heavy atom. The second kappa shape index (κ2) is 10.2. The van der Waals surface area contributed by atoms with Crippen LogP contribution in [0.4, 0.5) is 0 Å². The molecule has 1 N–H and O–H groups in total. The smallest absolute Gasteiger partial charge is 0.254 e. The van der Waals surface area contributed by atoms with Crippen molar-refractivity contribution in [1.82, 2.24) is 29.4 Å². The maximum Gasteiger partial charge on any atom is 0.254 e. The largest absolute Gasteiger partial charge is 0.487 e. The summed E-state index contributed by atoms with van der Waals surface area (Å²) in [6.45, 7) is 4.37. The number of amides is 2. The predicted molar refractivity (Wildman–Crippen MR) is 135 cm³/mol. The van der Waals surface area contributed by atoms with E-state index in [-0.39, 0.29) is 11.8 Å². The van der Waals surface area contributed by atoms with Gasteiger partial charge < -0.3 is 19.4 Å². The fraction of sp³-hybridized carbons (Fsp3) is 0.333. The number of fused-ring (bicyclic) bond motifs is 1. The van der Waals surface area contributed by atoms with Crippen molar-refractivity contribution in [2.75, 3.05) is 19.6 Å². The molecule has 0 aliphatic carbocycles. The average molecular weight is 487 g/mol. The van der Waals surface area contributed by atoms with Crippen LogP contribution < -0.4 is 10.1 Å². The number of hydrogen-bond acceptors (Lipinski definition) is 5. The first-order chi connectivity index (χ1) is 17.4. The van der Waals surface area contributed by atoms with Crippen LogP contribution in [0.1, 0.15) is 44.8 Å². The Morgan fingerprint density at radius 3 is 2.53 bits per heavy atom. The molecule has 4 aromatic rings. The van der Waals surface area contributed by atoms with E-state index in [9.17, 15) is 9.59 Å². The summed E-state index contributed by atoms with van der Waals surface area (Å²) in [5.41, 5.74) is 4.12. The van der Waals surface area contributed by atoms with E-state index >= 15 is 0 Å². The molecule has 0 spiro atoms. The van der Waals surface area contributed by atoms with E-state index in [2.05, 4.69) is 15.4 Å². The van der Waals surface area contributed by atoms with Crippen LogP contribution in [0.3, 0.4) is 0 Å². The van der Waals surface area contributed by atoms with Gasteiger partial charge in [0, 0.05) is 50.8 Å². The zero-order valence-electron chi connectivity index (χ0n) is 20.6. The molecule has 3 aromatic heterocycles. The van der Waals surface area contributed by atoms with Gasteiger partial charge in [0.2, 0.25) is 0 Å². The second-order valence-electron chi connectivity index (χ2n) is 9.37. The fourth-order valence-electron chi connectivity index (χ4n) is 4.48. The number of ether oxygens (including phenoxy) is 1. The van der Waals surface area contributed by atoms with E-state index < -0.39 is 0 Å². The van der Waals surface area contributed by atoms with Crippen molar-refractivity contribution in [1.29, 1.82) is 0 Å². The molecule has 0 unspecified atom stereocenters. The summed E-state index contributed by atoms with van der Waals surface area (Å²) in [4.78, 5) is 31.6. The zero-order valence-corrected chi connectivity index (χ0v) is 20.6. The van der Waals surface area contributed by atoms with E-state index in [0.717, 1.165) is 24.2 Å². The maximum absolute atomic E-state index is 13.0. The summed E-state index contributed by atoms with van der Waals surface area (Å²) in [6, 6.07) is 11.3. The van der Waals surface area contributed by atoms with Gasteiger partial charge in [-0.05, 0) is 61.6 Å². The Balaban J connectivity index is 1.08. The Bertz CT molecular complexity index is 1370. The number of carbonyl (C=O) groups is 2. The lowest BCUT2D eigenvalue weighted by molar-refractivity contribution is 0.0684. The Morgan fingerprint density at radius 1 is 1.03 bits per heavy atom. The van der Waals surface area contributed by atoms with Crippen molar-refractivity contribution in [3.05, 3.63) is 83.6 Å². The number of nitrogens with one attached hydrogen (secondary N) is 1. The lowest BCUT2D eigenvalue weighted by Crippen LogP contribution is -2.41. The van der Waals surface area contributed by atoms with Gasteiger partial charge in [-0.3, -0.25) is 14.3 Å². The minimum Gasteiger partial charge on any atom is -0.487 e. The second-order valence-corrected chi connectivity index (χ2v) is 9.37. The highest BCUT2D eigenvalue weighted by molar-refractivity contribution is 5.94. The van der Waals surface area contributed by atoms with Crippen LogP contribution >= 0.6 is 0 Å². The van der Waals surface area contributed by atoms with Gasteiger partial charge in [0.25, 0.3) is 11.8 Å². The van der Waals surface area contributed by atoms with Gasteiger partial charge >= 0.3 is 0 Å². The zero-order chi connectivity index (χ0) is 25.1. The lowest BCUT2D eigenvalue weighted by Gasteiger charge is -2.32. The number of imidazole rings is 1. The van der Waals surface area contributed by atoms with Crippen LogP contribution in [0.5, 0.6) is 5.75 Å². The Hall–Kier alpha value is -4.14. The molecule has 1 aromatic carbocycles. The number of pyridine rings is 1. The number of nitrogens with zero attached hydrogens (tertiary/aromatic N) is 5. The molecule has 0 radical (unpaired) electrons. The average Bonchev–Trinajstić information content (AvgIpc) is 3.51. The molecule has 2 amide bonds. The van der Waals surface area contributed by atoms with E-state index in [0.29, 0.717) is 49.0 Å². The van der Waals surface area contributed by atoms with E-state index in [1.54, 1.807) is 24.1 Å². The highest BCUT2D eigenvalue weighted by atomic mass is 16.5. The first-order valence-electron chi connectivity index (χ1n) is 12.2. The number of rotatable bonds is 7. The molecule has 36 heavy (non-hydrogen) atoms. The highest BCUT2D eigenvalue weighted by Gasteiger charge is 2.24. The summed E-state index contributed by atoms with van der Waals surface area (Å²) in [5, 5.41) is 7.01. The topological polar surface area (TPSA) is 93.8 Å². The fourth-order valence-corrected chi connectivity index (χ4v) is 4.48. The molecule has 0 saturated carbocycles. The van der Waals surface area contributed by atoms with Gasteiger partial charge in [0.05, 0.1) is 17.5 Å². The van der Waals surface area contributed by atoms with E-state index in [1.807, 2.05) is 65.0 Å². The third-order valence-electron chi connectivity index (χ3n) is 6.56. The molecule has 1 fully saturated rings. The SMILES string of the molecule is Cc1ccc2nc(COc3ccc(C(=O)N4CCC(CNC(=O)c5cnn(C)c5)CC4)cc3)cn2c1. The molecule has 0 atom stereocenters. The minimum absolute atomic E-state index is 0.0233. The van der Waals surface area contributed by atoms with Gasteiger partial charge in [0.15, 0.2) is 0 Å². The number of carbonyl (C=O) groups excluding carboxylic acids is 2. The third-order valence-corrected chi connectivity index (χ3v) is 6.56. The molecular weight excluding hydrogens is 456 g/mol. The summed E-state index contributed by atoms with van der Waals surface area (Å²) in [5.74, 6) is 0.965. The van der Waals surface area contributed by atoms with Crippen molar-refractivity contribution >= 4 is 17.5 Å². The van der Waals surface area contributed by atoms with Crippen LogP contribution in [-0.2, 0) is 13.7 Å². The first kappa shape index (κ1) is 23.6. The minimum atomic E-state index is -0.111. The van der Waals surface area contributed by atoms with Gasteiger partial charge in [0.1, 0.15) is 18.0 Å². The van der Waals surface area contributed by atoms with Crippen LogP contribution in [0, 0.1) is 12.8 Å². The van der Waals surface area contributed by atoms with E-state index in [4.69, 9.17) is 4.74 Å². The number of hydrogen-bond donors (Lipinski definition) is 1. The molecule has 0 bridgehead atoms. The molecule has 1 saturated heterocycles. The van der Waals surface area contributed by atoms with Crippen molar-refractivity contribution < 1.29 is 14.3 Å². The highest BCUT2D eigenvalue weighted by Crippen LogP contribution is 2.21. The Kier molecular flexibility index (Phi) is 6.71. The molecule has 186 valence electrons. The molecule has 9 heteroatoms. The quantitative estimate of drug-likeness (QED) is 0.433. The molecule has 5 rings (SSSR count). The molecule has 1 aliphatic heterocycles. The number of aryl methyl sites for hydroxylation is 2. The van der Waals surface area contributed by atoms with Crippen LogP contribution in [0.25, 0.3) is 5.65 Å². The maximum atomic E-state index is 13.0. The number of aromatic nitrogens is 4. The first-order valence-corrected chi connectivity index (χ1v) is 12.2. The standard InChI is InChI=1S/C27H30N6O3/c1-19-3-8-25-30-23(17-33(25)15-19)18-36-24-6-4-21(5-7-24)27(35)32-11-9-20(10-12-32)13-28-26(34)22-14-29-31(2)16-22/h3-8,14-17,20H,9-13,18H2,1-2H3,(H,28,34). The molecule has 1 aliphatic rings. The monoisotopic (exact) mass is 486 g/mol. The Labute approximate surface area is 209 Å². The van der Waals surface area contributed by atoms with Crippen molar-refractivity contribution in [3.63, 3.8) is 0 Å². The number of benzene rings is 1. The molecule has 9 nitrogen and oxygen atoms in total. The number of likely N-dealkylation sites (tertiary alicyclic amines) is 1. The summed E-state index contributed by atoms with van der Waals surface area (Å²) in [7, 11) is 1.79. The van der Waals surface area contributed by atoms with Gasteiger partial charge in [-0.25, -0.2) is 4.98 Å². The van der Waals surface area contributed by atoms with Crippen LogP contribution in [0.15, 0.2) is 61.2 Å². The van der Waals surface area contributed by atoms with Crippen molar-refractivity contribution in [3.8, 4) is 5.75 Å². The van der Waals surface area contributed by atoms with Crippen LogP contribution in [0.2, 0.25) is 0 Å². The lowest BCUT2D eigenvalue weighted by atomic mass is 9.96. The predicted octanol–water partition coefficient (Wildman–Crippen LogP) is 3.24. The summed E-state index contributed by atoms with van der Waals surface area (Å²) >= 11 is 0. The summed E-state index contributed by atoms with van der Waals surface area (Å²) in [6.07, 6.45) is 8.99. The third kappa shape index (κ3) is 5.40. The van der Waals surface area contributed by atoms with Crippen molar-refractivity contribution in [2.24, 2.45) is 13.0 Å². The van der Waals surface area contributed by atoms with Crippen LogP contribution in [-0.4, -0.2) is 55.5 Å². The van der Waals surface area contributed by atoms with E-state index in [1.165, 1.54) is 5.56 Å². The van der Waals surface area contributed by atoms with Gasteiger partial charge in [-0.1, -0.05) is 6.07 Å². The number of piperidine rings is 1. The molecular formula is C27H30N6O3. The summed E-state index contributed by atoms with van der Waals surface area (Å²) < 4.78 is 9.49. The van der Waals surface area contributed by atoms with Gasteiger partial charge in [-0.2, -0.15) is 5.10 Å². The normalized spacial score (nSPS) is 14.2. The van der Waals surface area contributed by atoms with Crippen molar-refractivity contribution in [2.45, 2.75) is 26.4 Å². The molecule has 4 heterocycles. The van der Waals surface area contributed by atoms with Gasteiger partial charge in [-0.15, -0.1) is 0 Å².